The van der Waals surface area contributed by atoms with Crippen LogP contribution in [0.3, 0.4) is 0 Å². The fourth-order valence-electron chi connectivity index (χ4n) is 7.56. The van der Waals surface area contributed by atoms with Crippen LogP contribution in [0.1, 0.15) is 36.2 Å². The second-order valence-electron chi connectivity index (χ2n) is 14.0. The number of fused-ring (bicyclic) bond motifs is 2. The van der Waals surface area contributed by atoms with E-state index >= 15 is 0 Å². The quantitative estimate of drug-likeness (QED) is 0.133. The van der Waals surface area contributed by atoms with Crippen LogP contribution >= 0.6 is 0 Å². The van der Waals surface area contributed by atoms with Crippen LogP contribution in [0.5, 0.6) is 0 Å². The van der Waals surface area contributed by atoms with Gasteiger partial charge >= 0.3 is 0 Å². The molecule has 0 saturated carbocycles. The minimum absolute atomic E-state index is 0.0623. The maximum absolute atomic E-state index is 5.84. The molecule has 0 amide bonds. The van der Waals surface area contributed by atoms with Crippen molar-refractivity contribution >= 4 is 32.7 Å². The normalized spacial score (nSPS) is 18.3. The zero-order valence-electron chi connectivity index (χ0n) is 31.0. The molecule has 3 aliphatic rings. The molecule has 0 fully saturated rings. The average Bonchev–Trinajstić information content (AvgIpc) is 3.28. The van der Waals surface area contributed by atoms with Gasteiger partial charge in [-0.15, -0.1) is 0 Å². The van der Waals surface area contributed by atoms with E-state index in [4.69, 9.17) is 20.7 Å². The van der Waals surface area contributed by atoms with Crippen molar-refractivity contribution in [1.82, 2.24) is 35.6 Å². The van der Waals surface area contributed by atoms with Crippen LogP contribution in [0.4, 0.5) is 0 Å². The summed E-state index contributed by atoms with van der Waals surface area (Å²) < 4.78 is 0. The van der Waals surface area contributed by atoms with Gasteiger partial charge in [0.1, 0.15) is 5.82 Å². The highest BCUT2D eigenvalue weighted by atomic mass is 15.0. The second kappa shape index (κ2) is 15.3. The maximum Gasteiger partial charge on any atom is 0.163 e. The van der Waals surface area contributed by atoms with Crippen molar-refractivity contribution in [3.8, 4) is 22.8 Å². The summed E-state index contributed by atoms with van der Waals surface area (Å²) in [6.07, 6.45) is 31.2. The maximum atomic E-state index is 5.84. The van der Waals surface area contributed by atoms with Crippen LogP contribution in [0.25, 0.3) is 55.5 Å². The molecular formula is C48H40N8. The Bertz CT molecular complexity index is 2650. The van der Waals surface area contributed by atoms with Gasteiger partial charge in [-0.05, 0) is 125 Å². The number of nitrogens with one attached hydrogen (secondary N) is 2. The van der Waals surface area contributed by atoms with Crippen molar-refractivity contribution in [1.29, 1.82) is 0 Å². The molecule has 272 valence electrons. The number of pyridine rings is 2. The van der Waals surface area contributed by atoms with Crippen molar-refractivity contribution in [2.75, 3.05) is 6.54 Å². The van der Waals surface area contributed by atoms with Crippen LogP contribution in [0, 0.1) is 0 Å². The average molecular weight is 729 g/mol. The van der Waals surface area contributed by atoms with E-state index < -0.39 is 0 Å². The Kier molecular flexibility index (Phi) is 9.43. The molecule has 0 bridgehead atoms. The van der Waals surface area contributed by atoms with Crippen LogP contribution in [-0.4, -0.2) is 37.5 Å². The zero-order valence-corrected chi connectivity index (χ0v) is 31.0. The Hall–Kier alpha value is -7.19. The molecule has 5 heterocycles. The molecule has 0 spiro atoms. The van der Waals surface area contributed by atoms with Crippen molar-refractivity contribution in [3.63, 3.8) is 0 Å². The van der Waals surface area contributed by atoms with E-state index in [1.54, 1.807) is 6.20 Å². The Morgan fingerprint density at radius 3 is 2.25 bits per heavy atom. The molecule has 6 aromatic rings. The highest BCUT2D eigenvalue weighted by Gasteiger charge is 2.26. The molecule has 4 N–H and O–H groups in total. The van der Waals surface area contributed by atoms with Gasteiger partial charge in [0, 0.05) is 64.8 Å². The first kappa shape index (κ1) is 34.6. The van der Waals surface area contributed by atoms with E-state index in [9.17, 15) is 0 Å². The third-order valence-corrected chi connectivity index (χ3v) is 10.5. The summed E-state index contributed by atoms with van der Waals surface area (Å²) in [5.74, 6) is 1.81. The molecule has 3 aromatic heterocycles. The number of dihydropyridines is 2. The Labute approximate surface area is 326 Å². The fraction of sp³-hybridized carbons (Fsp3) is 0.104. The molecule has 0 radical (unpaired) electrons. The van der Waals surface area contributed by atoms with E-state index in [-0.39, 0.29) is 12.0 Å². The largest absolute Gasteiger partial charge is 0.405 e. The lowest BCUT2D eigenvalue weighted by atomic mass is 9.84. The first-order valence-electron chi connectivity index (χ1n) is 18.9. The lowest BCUT2D eigenvalue weighted by Gasteiger charge is -2.29. The summed E-state index contributed by atoms with van der Waals surface area (Å²) in [5, 5.41) is 11.4. The molecule has 8 nitrogen and oxygen atoms in total. The predicted octanol–water partition coefficient (Wildman–Crippen LogP) is 9.13. The molecule has 9 rings (SSSR count). The number of benzene rings is 3. The van der Waals surface area contributed by atoms with Crippen molar-refractivity contribution in [3.05, 3.63) is 198 Å². The van der Waals surface area contributed by atoms with Crippen LogP contribution in [0.15, 0.2) is 182 Å². The Balaban J connectivity index is 1.18. The third-order valence-electron chi connectivity index (χ3n) is 10.5. The standard InChI is InChI=1S/C48H40N8/c1-2-31(13-18-49)33-5-3-6-34(23-33)41-26-42(45-8-4-7-44(53-45)32-14-19-50-20-15-32)28-43(27-41)48-55-46(37-9-11-39-29-51-21-16-35(39)24-37)54-47(56-48)38-10-12-40-30-52-22-17-36(40)25-38/h2-19,21-27,29-30,43-44,50,53H,20,28,49H2,1H3/b18-13-,31-2+. The summed E-state index contributed by atoms with van der Waals surface area (Å²) in [6, 6.07) is 25.3. The van der Waals surface area contributed by atoms with Gasteiger partial charge in [0.05, 0.1) is 6.04 Å². The van der Waals surface area contributed by atoms with E-state index in [1.165, 1.54) is 11.1 Å². The molecule has 3 aromatic carbocycles. The molecule has 2 atom stereocenters. The molecule has 56 heavy (non-hydrogen) atoms. The van der Waals surface area contributed by atoms with Crippen molar-refractivity contribution in [2.45, 2.75) is 25.3 Å². The van der Waals surface area contributed by atoms with Crippen LogP contribution < -0.4 is 16.4 Å². The first-order chi connectivity index (χ1) is 27.6. The van der Waals surface area contributed by atoms with Gasteiger partial charge in [0.15, 0.2) is 11.6 Å². The number of hydrogen-bond acceptors (Lipinski definition) is 8. The number of rotatable bonds is 8. The lowest BCUT2D eigenvalue weighted by molar-refractivity contribution is 0.701. The Morgan fingerprint density at radius 2 is 1.57 bits per heavy atom. The van der Waals surface area contributed by atoms with E-state index in [1.807, 2.05) is 56.1 Å². The number of aromatic nitrogens is 5. The summed E-state index contributed by atoms with van der Waals surface area (Å²) in [7, 11) is 0. The van der Waals surface area contributed by atoms with Gasteiger partial charge in [-0.3, -0.25) is 9.97 Å². The van der Waals surface area contributed by atoms with E-state index in [0.717, 1.165) is 67.2 Å². The molecule has 2 unspecified atom stereocenters. The summed E-state index contributed by atoms with van der Waals surface area (Å²) >= 11 is 0. The lowest BCUT2D eigenvalue weighted by Crippen LogP contribution is -2.32. The number of nitrogens with two attached hydrogens (primary N) is 1. The molecule has 0 saturated heterocycles. The summed E-state index contributed by atoms with van der Waals surface area (Å²) in [6.45, 7) is 2.84. The highest BCUT2D eigenvalue weighted by Crippen LogP contribution is 2.39. The van der Waals surface area contributed by atoms with Gasteiger partial charge in [-0.25, -0.2) is 15.0 Å². The van der Waals surface area contributed by atoms with Crippen LogP contribution in [0.2, 0.25) is 0 Å². The van der Waals surface area contributed by atoms with E-state index in [0.29, 0.717) is 23.9 Å². The van der Waals surface area contributed by atoms with E-state index in [2.05, 4.69) is 130 Å². The zero-order chi connectivity index (χ0) is 37.8. The molecular weight excluding hydrogens is 689 g/mol. The minimum atomic E-state index is -0.154. The molecule has 8 heteroatoms. The minimum Gasteiger partial charge on any atom is -0.405 e. The van der Waals surface area contributed by atoms with Gasteiger partial charge in [-0.1, -0.05) is 72.8 Å². The summed E-state index contributed by atoms with van der Waals surface area (Å²) in [4.78, 5) is 24.3. The van der Waals surface area contributed by atoms with Gasteiger partial charge in [0.2, 0.25) is 0 Å². The number of allylic oxidation sites excluding steroid dienone is 9. The van der Waals surface area contributed by atoms with Gasteiger partial charge < -0.3 is 16.4 Å². The fourth-order valence-corrected chi connectivity index (χ4v) is 7.56. The van der Waals surface area contributed by atoms with Crippen LogP contribution in [-0.2, 0) is 0 Å². The molecule has 1 aliphatic carbocycles. The smallest absolute Gasteiger partial charge is 0.163 e. The number of nitrogens with zero attached hydrogens (tertiary/aromatic N) is 5. The van der Waals surface area contributed by atoms with Crippen molar-refractivity contribution < 1.29 is 0 Å². The Morgan fingerprint density at radius 1 is 0.821 bits per heavy atom. The second-order valence-corrected chi connectivity index (χ2v) is 14.0. The van der Waals surface area contributed by atoms with Gasteiger partial charge in [-0.2, -0.15) is 0 Å². The monoisotopic (exact) mass is 728 g/mol. The SMILES string of the molecule is C/C=C(\C=C/N)c1cccc(C2=CC(c3nc(-c4ccc5cnccc5c4)nc(-c4ccc5cnccc5c4)n3)CC(C3=CC=CC(C4=CCNC=C4)N3)=C2)c1. The third kappa shape index (κ3) is 7.08. The van der Waals surface area contributed by atoms with Gasteiger partial charge in [0.25, 0.3) is 0 Å². The molecule has 2 aliphatic heterocycles. The van der Waals surface area contributed by atoms with Crippen molar-refractivity contribution in [2.24, 2.45) is 5.73 Å². The first-order valence-corrected chi connectivity index (χ1v) is 18.9. The predicted molar refractivity (Wildman–Crippen MR) is 228 cm³/mol. The topological polar surface area (TPSA) is 115 Å². The highest BCUT2D eigenvalue weighted by molar-refractivity contribution is 5.87. The summed E-state index contributed by atoms with van der Waals surface area (Å²) in [5.41, 5.74) is 15.5. The number of hydrogen-bond donors (Lipinski definition) is 3.